The van der Waals surface area contributed by atoms with Crippen LogP contribution in [0.4, 0.5) is 5.82 Å². The van der Waals surface area contributed by atoms with Crippen molar-refractivity contribution < 1.29 is 4.79 Å². The Bertz CT molecular complexity index is 1020. The van der Waals surface area contributed by atoms with E-state index in [0.29, 0.717) is 5.82 Å². The highest BCUT2D eigenvalue weighted by Crippen LogP contribution is 2.30. The number of fused-ring (bicyclic) bond motifs is 1. The Kier molecular flexibility index (Phi) is 3.63. The van der Waals surface area contributed by atoms with Crippen molar-refractivity contribution in [2.75, 3.05) is 5.32 Å². The maximum absolute atomic E-state index is 12.6. The molecule has 0 unspecified atom stereocenters. The summed E-state index contributed by atoms with van der Waals surface area (Å²) in [5.74, 6) is 0.424. The van der Waals surface area contributed by atoms with Crippen molar-refractivity contribution in [3.63, 3.8) is 0 Å². The molecule has 0 radical (unpaired) electrons. The van der Waals surface area contributed by atoms with E-state index in [1.807, 2.05) is 67.7 Å². The van der Waals surface area contributed by atoms with Crippen molar-refractivity contribution in [1.29, 1.82) is 0 Å². The van der Waals surface area contributed by atoms with Gasteiger partial charge in [-0.25, -0.2) is 4.68 Å². The maximum Gasteiger partial charge on any atom is 0.267 e. The number of hydrogen-bond donors (Lipinski definition) is 1. The van der Waals surface area contributed by atoms with Crippen LogP contribution in [0.25, 0.3) is 15.8 Å². The average Bonchev–Trinajstić information content (AvgIpc) is 3.21. The van der Waals surface area contributed by atoms with Gasteiger partial charge in [0.05, 0.1) is 10.6 Å². The molecule has 24 heavy (non-hydrogen) atoms. The maximum atomic E-state index is 12.6. The number of nitrogens with one attached hydrogen (secondary N) is 1. The monoisotopic (exact) mass is 333 g/mol. The van der Waals surface area contributed by atoms with Crippen LogP contribution in [-0.2, 0) is 0 Å². The number of carbonyl (C=O) groups is 1. The fraction of sp³-hybridized carbons (Fsp3) is 0.0526. The van der Waals surface area contributed by atoms with Crippen LogP contribution in [0.15, 0.2) is 66.9 Å². The molecule has 0 spiro atoms. The van der Waals surface area contributed by atoms with Crippen molar-refractivity contribution in [3.8, 4) is 5.69 Å². The Morgan fingerprint density at radius 2 is 1.79 bits per heavy atom. The van der Waals surface area contributed by atoms with Gasteiger partial charge in [0.1, 0.15) is 0 Å². The molecule has 0 atom stereocenters. The topological polar surface area (TPSA) is 46.9 Å². The van der Waals surface area contributed by atoms with Crippen molar-refractivity contribution in [2.24, 2.45) is 0 Å². The Balaban J connectivity index is 1.60. The van der Waals surface area contributed by atoms with Crippen LogP contribution in [0.1, 0.15) is 15.2 Å². The number of nitrogens with zero attached hydrogens (tertiary/aromatic N) is 2. The fourth-order valence-electron chi connectivity index (χ4n) is 2.68. The fourth-order valence-corrected chi connectivity index (χ4v) is 3.78. The predicted molar refractivity (Wildman–Crippen MR) is 98.1 cm³/mol. The Morgan fingerprint density at radius 1 is 1.04 bits per heavy atom. The standard InChI is InChI=1S/C19H15N3OS/c1-13-15-9-5-6-10-16(15)24-18(13)19(23)20-17-11-12-22(21-17)14-7-3-2-4-8-14/h2-12H,1H3,(H,20,21,23). The first-order valence-electron chi connectivity index (χ1n) is 7.63. The van der Waals surface area contributed by atoms with E-state index in [1.165, 1.54) is 11.3 Å². The third kappa shape index (κ3) is 2.59. The number of amides is 1. The molecule has 0 aliphatic carbocycles. The summed E-state index contributed by atoms with van der Waals surface area (Å²) >= 11 is 1.51. The number of hydrogen-bond acceptors (Lipinski definition) is 3. The number of aromatic nitrogens is 2. The minimum atomic E-state index is -0.119. The average molecular weight is 333 g/mol. The van der Waals surface area contributed by atoms with Gasteiger partial charge in [0.25, 0.3) is 5.91 Å². The lowest BCUT2D eigenvalue weighted by molar-refractivity contribution is 0.102. The van der Waals surface area contributed by atoms with Gasteiger partial charge in [-0.3, -0.25) is 4.79 Å². The van der Waals surface area contributed by atoms with Gasteiger partial charge >= 0.3 is 0 Å². The number of anilines is 1. The van der Waals surface area contributed by atoms with Crippen molar-refractivity contribution >= 4 is 33.1 Å². The van der Waals surface area contributed by atoms with Gasteiger partial charge in [0, 0.05) is 17.0 Å². The highest BCUT2D eigenvalue weighted by molar-refractivity contribution is 7.21. The molecule has 118 valence electrons. The van der Waals surface area contributed by atoms with Crippen LogP contribution in [0, 0.1) is 6.92 Å². The number of rotatable bonds is 3. The zero-order valence-corrected chi connectivity index (χ0v) is 13.9. The Morgan fingerprint density at radius 3 is 2.58 bits per heavy atom. The number of benzene rings is 2. The first kappa shape index (κ1) is 14.7. The number of para-hydroxylation sites is 1. The third-order valence-corrected chi connectivity index (χ3v) is 5.17. The second-order valence-electron chi connectivity index (χ2n) is 5.49. The van der Waals surface area contributed by atoms with Gasteiger partial charge < -0.3 is 5.32 Å². The van der Waals surface area contributed by atoms with Gasteiger partial charge in [0.2, 0.25) is 0 Å². The quantitative estimate of drug-likeness (QED) is 0.593. The first-order valence-corrected chi connectivity index (χ1v) is 8.44. The minimum absolute atomic E-state index is 0.119. The molecule has 4 aromatic rings. The molecule has 0 saturated heterocycles. The van der Waals surface area contributed by atoms with E-state index in [1.54, 1.807) is 10.7 Å². The molecule has 4 nitrogen and oxygen atoms in total. The summed E-state index contributed by atoms with van der Waals surface area (Å²) in [6.07, 6.45) is 1.84. The molecular weight excluding hydrogens is 318 g/mol. The summed E-state index contributed by atoms with van der Waals surface area (Å²) in [4.78, 5) is 13.3. The lowest BCUT2D eigenvalue weighted by Gasteiger charge is -2.02. The van der Waals surface area contributed by atoms with Crippen molar-refractivity contribution in [3.05, 3.63) is 77.3 Å². The van der Waals surface area contributed by atoms with E-state index in [4.69, 9.17) is 0 Å². The summed E-state index contributed by atoms with van der Waals surface area (Å²) in [5, 5.41) is 8.44. The minimum Gasteiger partial charge on any atom is -0.304 e. The van der Waals surface area contributed by atoms with Crippen LogP contribution < -0.4 is 5.32 Å². The highest BCUT2D eigenvalue weighted by Gasteiger charge is 2.16. The lowest BCUT2D eigenvalue weighted by Crippen LogP contribution is -2.12. The smallest absolute Gasteiger partial charge is 0.267 e. The molecule has 0 fully saturated rings. The van der Waals surface area contributed by atoms with Crippen LogP contribution >= 0.6 is 11.3 Å². The normalized spacial score (nSPS) is 10.9. The highest BCUT2D eigenvalue weighted by atomic mass is 32.1. The second kappa shape index (κ2) is 5.94. The Labute approximate surface area is 143 Å². The van der Waals surface area contributed by atoms with E-state index in [9.17, 15) is 4.79 Å². The first-order chi connectivity index (χ1) is 11.7. The third-order valence-electron chi connectivity index (χ3n) is 3.90. The van der Waals surface area contributed by atoms with Gasteiger partial charge in [0.15, 0.2) is 5.82 Å². The summed E-state index contributed by atoms with van der Waals surface area (Å²) in [7, 11) is 0. The summed E-state index contributed by atoms with van der Waals surface area (Å²) < 4.78 is 2.86. The summed E-state index contributed by atoms with van der Waals surface area (Å²) in [5.41, 5.74) is 1.96. The number of thiophene rings is 1. The van der Waals surface area contributed by atoms with E-state index >= 15 is 0 Å². The molecule has 0 saturated carbocycles. The molecule has 1 amide bonds. The lowest BCUT2D eigenvalue weighted by atomic mass is 10.1. The van der Waals surface area contributed by atoms with Crippen molar-refractivity contribution in [2.45, 2.75) is 6.92 Å². The molecule has 2 aromatic carbocycles. The van der Waals surface area contributed by atoms with Gasteiger partial charge in [-0.2, -0.15) is 5.10 Å². The van der Waals surface area contributed by atoms with Gasteiger partial charge in [-0.15, -0.1) is 11.3 Å². The van der Waals surface area contributed by atoms with E-state index in [-0.39, 0.29) is 5.91 Å². The molecule has 4 rings (SSSR count). The largest absolute Gasteiger partial charge is 0.304 e. The van der Waals surface area contributed by atoms with Crippen molar-refractivity contribution in [1.82, 2.24) is 9.78 Å². The predicted octanol–water partition coefficient (Wildman–Crippen LogP) is 4.65. The van der Waals surface area contributed by atoms with Gasteiger partial charge in [-0.05, 0) is 36.1 Å². The number of carbonyl (C=O) groups excluding carboxylic acids is 1. The molecule has 0 bridgehead atoms. The molecule has 1 N–H and O–H groups in total. The molecule has 5 heteroatoms. The zero-order chi connectivity index (χ0) is 16.5. The summed E-state index contributed by atoms with van der Waals surface area (Å²) in [6, 6.07) is 19.7. The molecule has 2 aromatic heterocycles. The van der Waals surface area contributed by atoms with E-state index < -0.39 is 0 Å². The van der Waals surface area contributed by atoms with Crippen LogP contribution in [0.2, 0.25) is 0 Å². The molecule has 0 aliphatic rings. The summed E-state index contributed by atoms with van der Waals surface area (Å²) in [6.45, 7) is 1.98. The van der Waals surface area contributed by atoms with E-state index in [0.717, 1.165) is 26.2 Å². The van der Waals surface area contributed by atoms with Crippen LogP contribution in [0.3, 0.4) is 0 Å². The van der Waals surface area contributed by atoms with Crippen LogP contribution in [-0.4, -0.2) is 15.7 Å². The van der Waals surface area contributed by atoms with E-state index in [2.05, 4.69) is 10.4 Å². The molecule has 2 heterocycles. The second-order valence-corrected chi connectivity index (χ2v) is 6.54. The molecule has 0 aliphatic heterocycles. The van der Waals surface area contributed by atoms with Gasteiger partial charge in [-0.1, -0.05) is 36.4 Å². The zero-order valence-electron chi connectivity index (χ0n) is 13.1. The molecular formula is C19H15N3OS. The van der Waals surface area contributed by atoms with Crippen LogP contribution in [0.5, 0.6) is 0 Å². The Hall–Kier alpha value is -2.92. The SMILES string of the molecule is Cc1c(C(=O)Nc2ccn(-c3ccccc3)n2)sc2ccccc12. The number of aryl methyl sites for hydroxylation is 1.